The summed E-state index contributed by atoms with van der Waals surface area (Å²) in [5.74, 6) is 0.482. The monoisotopic (exact) mass is 351 g/mol. The molecule has 1 aliphatic rings. The molecule has 0 aromatic heterocycles. The van der Waals surface area contributed by atoms with Gasteiger partial charge in [-0.1, -0.05) is 24.3 Å². The van der Waals surface area contributed by atoms with Gasteiger partial charge >= 0.3 is 0 Å². The number of para-hydroxylation sites is 1. The van der Waals surface area contributed by atoms with Crippen LogP contribution in [0.5, 0.6) is 0 Å². The lowest BCUT2D eigenvalue weighted by atomic mass is 10.0. The van der Waals surface area contributed by atoms with Crippen LogP contribution in [0.25, 0.3) is 0 Å². The standard InChI is InChI=1S/C21H25N3O2/c1-24(19-8-3-2-4-9-19)21(26)17-6-5-7-18(14-17)23-20(25)11-10-16-12-13-22-15-16/h2-9,14,16,22H,10-13,15H2,1H3,(H,23,25). The van der Waals surface area contributed by atoms with Crippen molar-refractivity contribution in [1.82, 2.24) is 5.32 Å². The van der Waals surface area contributed by atoms with E-state index < -0.39 is 0 Å². The molecule has 1 saturated heterocycles. The average molecular weight is 351 g/mol. The number of hydrogen-bond acceptors (Lipinski definition) is 3. The lowest BCUT2D eigenvalue weighted by Gasteiger charge is -2.17. The number of hydrogen-bond donors (Lipinski definition) is 2. The van der Waals surface area contributed by atoms with Crippen molar-refractivity contribution >= 4 is 23.2 Å². The van der Waals surface area contributed by atoms with Crippen molar-refractivity contribution in [2.24, 2.45) is 5.92 Å². The van der Waals surface area contributed by atoms with Crippen LogP contribution >= 0.6 is 0 Å². The average Bonchev–Trinajstić information content (AvgIpc) is 3.20. The van der Waals surface area contributed by atoms with Crippen LogP contribution in [-0.2, 0) is 4.79 Å². The Kier molecular flexibility index (Phi) is 6.02. The highest BCUT2D eigenvalue weighted by molar-refractivity contribution is 6.06. The summed E-state index contributed by atoms with van der Waals surface area (Å²) in [6, 6.07) is 16.6. The van der Waals surface area contributed by atoms with E-state index in [9.17, 15) is 9.59 Å². The normalized spacial score (nSPS) is 16.3. The quantitative estimate of drug-likeness (QED) is 0.839. The molecule has 2 aromatic rings. The van der Waals surface area contributed by atoms with E-state index in [1.807, 2.05) is 36.4 Å². The van der Waals surface area contributed by atoms with Crippen LogP contribution in [0.15, 0.2) is 54.6 Å². The second-order valence-electron chi connectivity index (χ2n) is 6.73. The smallest absolute Gasteiger partial charge is 0.258 e. The highest BCUT2D eigenvalue weighted by atomic mass is 16.2. The molecule has 0 saturated carbocycles. The van der Waals surface area contributed by atoms with Crippen LogP contribution in [0.1, 0.15) is 29.6 Å². The number of carbonyl (C=O) groups is 2. The number of amides is 2. The largest absolute Gasteiger partial charge is 0.326 e. The lowest BCUT2D eigenvalue weighted by molar-refractivity contribution is -0.116. The number of nitrogens with one attached hydrogen (secondary N) is 2. The lowest BCUT2D eigenvalue weighted by Crippen LogP contribution is -2.26. The van der Waals surface area contributed by atoms with Gasteiger partial charge in [0.25, 0.3) is 5.91 Å². The molecule has 0 radical (unpaired) electrons. The third-order valence-corrected chi connectivity index (χ3v) is 4.78. The second kappa shape index (κ2) is 8.63. The summed E-state index contributed by atoms with van der Waals surface area (Å²) in [5.41, 5.74) is 2.04. The molecule has 2 amide bonds. The van der Waals surface area contributed by atoms with Crippen molar-refractivity contribution < 1.29 is 9.59 Å². The van der Waals surface area contributed by atoms with Gasteiger partial charge in [0.2, 0.25) is 5.91 Å². The zero-order chi connectivity index (χ0) is 18.4. The van der Waals surface area contributed by atoms with Gasteiger partial charge in [0.15, 0.2) is 0 Å². The SMILES string of the molecule is CN(C(=O)c1cccc(NC(=O)CCC2CCNC2)c1)c1ccccc1. The first-order chi connectivity index (χ1) is 12.6. The molecule has 0 aliphatic carbocycles. The van der Waals surface area contributed by atoms with Crippen LogP contribution in [0.3, 0.4) is 0 Å². The van der Waals surface area contributed by atoms with E-state index in [-0.39, 0.29) is 11.8 Å². The van der Waals surface area contributed by atoms with Gasteiger partial charge in [0.1, 0.15) is 0 Å². The molecule has 1 heterocycles. The maximum atomic E-state index is 12.7. The number of benzene rings is 2. The van der Waals surface area contributed by atoms with Gasteiger partial charge in [-0.25, -0.2) is 0 Å². The van der Waals surface area contributed by atoms with Crippen LogP contribution in [0, 0.1) is 5.92 Å². The van der Waals surface area contributed by atoms with E-state index in [1.54, 1.807) is 30.1 Å². The first-order valence-electron chi connectivity index (χ1n) is 9.07. The van der Waals surface area contributed by atoms with Gasteiger partial charge < -0.3 is 15.5 Å². The van der Waals surface area contributed by atoms with Crippen molar-refractivity contribution in [2.45, 2.75) is 19.3 Å². The topological polar surface area (TPSA) is 61.4 Å². The summed E-state index contributed by atoms with van der Waals surface area (Å²) in [6.45, 7) is 2.05. The van der Waals surface area contributed by atoms with Crippen LogP contribution in [-0.4, -0.2) is 32.0 Å². The molecule has 1 atom stereocenters. The van der Waals surface area contributed by atoms with E-state index in [0.29, 0.717) is 23.6 Å². The second-order valence-corrected chi connectivity index (χ2v) is 6.73. The van der Waals surface area contributed by atoms with E-state index >= 15 is 0 Å². The van der Waals surface area contributed by atoms with Gasteiger partial charge in [0, 0.05) is 30.4 Å². The molecule has 1 aliphatic heterocycles. The number of anilines is 2. The highest BCUT2D eigenvalue weighted by Gasteiger charge is 2.17. The first-order valence-corrected chi connectivity index (χ1v) is 9.07. The molecule has 5 nitrogen and oxygen atoms in total. The Hall–Kier alpha value is -2.66. The number of nitrogens with zero attached hydrogens (tertiary/aromatic N) is 1. The summed E-state index contributed by atoms with van der Waals surface area (Å²) in [6.07, 6.45) is 2.55. The maximum absolute atomic E-state index is 12.7. The van der Waals surface area contributed by atoms with Crippen molar-refractivity contribution in [3.8, 4) is 0 Å². The summed E-state index contributed by atoms with van der Waals surface area (Å²) in [7, 11) is 1.75. The summed E-state index contributed by atoms with van der Waals surface area (Å²) < 4.78 is 0. The van der Waals surface area contributed by atoms with Gasteiger partial charge in [-0.2, -0.15) is 0 Å². The number of rotatable bonds is 6. The first kappa shape index (κ1) is 18.1. The van der Waals surface area contributed by atoms with E-state index in [2.05, 4.69) is 10.6 Å². The van der Waals surface area contributed by atoms with Gasteiger partial charge in [-0.3, -0.25) is 9.59 Å². The Morgan fingerprint density at radius 1 is 1.15 bits per heavy atom. The summed E-state index contributed by atoms with van der Waals surface area (Å²) in [5, 5.41) is 6.23. The summed E-state index contributed by atoms with van der Waals surface area (Å²) >= 11 is 0. The van der Waals surface area contributed by atoms with Crippen molar-refractivity contribution in [1.29, 1.82) is 0 Å². The van der Waals surface area contributed by atoms with Crippen LogP contribution < -0.4 is 15.5 Å². The van der Waals surface area contributed by atoms with Crippen molar-refractivity contribution in [3.05, 3.63) is 60.2 Å². The molecular formula is C21H25N3O2. The molecular weight excluding hydrogens is 326 g/mol. The molecule has 3 rings (SSSR count). The minimum Gasteiger partial charge on any atom is -0.326 e. The zero-order valence-corrected chi connectivity index (χ0v) is 15.1. The molecule has 0 bridgehead atoms. The fraction of sp³-hybridized carbons (Fsp3) is 0.333. The third-order valence-electron chi connectivity index (χ3n) is 4.78. The van der Waals surface area contributed by atoms with Crippen molar-refractivity contribution in [3.63, 3.8) is 0 Å². The molecule has 2 aromatic carbocycles. The molecule has 1 fully saturated rings. The van der Waals surface area contributed by atoms with E-state index in [0.717, 1.165) is 31.6 Å². The Balaban J connectivity index is 1.60. The Labute approximate surface area is 154 Å². The fourth-order valence-electron chi connectivity index (χ4n) is 3.21. The van der Waals surface area contributed by atoms with Crippen molar-refractivity contribution in [2.75, 3.05) is 30.4 Å². The van der Waals surface area contributed by atoms with Crippen LogP contribution in [0.2, 0.25) is 0 Å². The minimum atomic E-state index is -0.107. The minimum absolute atomic E-state index is 0.00193. The molecule has 2 N–H and O–H groups in total. The van der Waals surface area contributed by atoms with E-state index in [1.165, 1.54) is 0 Å². The van der Waals surface area contributed by atoms with Gasteiger partial charge in [-0.15, -0.1) is 0 Å². The predicted molar refractivity (Wildman–Crippen MR) is 104 cm³/mol. The highest BCUT2D eigenvalue weighted by Crippen LogP contribution is 2.19. The zero-order valence-electron chi connectivity index (χ0n) is 15.1. The molecule has 136 valence electrons. The fourth-order valence-corrected chi connectivity index (χ4v) is 3.21. The Morgan fingerprint density at radius 2 is 1.96 bits per heavy atom. The van der Waals surface area contributed by atoms with Gasteiger partial charge in [-0.05, 0) is 62.2 Å². The Morgan fingerprint density at radius 3 is 2.69 bits per heavy atom. The molecule has 1 unspecified atom stereocenters. The molecule has 26 heavy (non-hydrogen) atoms. The van der Waals surface area contributed by atoms with E-state index in [4.69, 9.17) is 0 Å². The summed E-state index contributed by atoms with van der Waals surface area (Å²) in [4.78, 5) is 26.5. The number of carbonyl (C=O) groups excluding carboxylic acids is 2. The van der Waals surface area contributed by atoms with Gasteiger partial charge in [0.05, 0.1) is 0 Å². The Bertz CT molecular complexity index is 755. The molecule has 5 heteroatoms. The third kappa shape index (κ3) is 4.70. The predicted octanol–water partition coefficient (Wildman–Crippen LogP) is 3.29. The molecule has 0 spiro atoms. The van der Waals surface area contributed by atoms with Crippen LogP contribution in [0.4, 0.5) is 11.4 Å². The maximum Gasteiger partial charge on any atom is 0.258 e.